The number of fused-ring (bicyclic) bond motifs is 1. The van der Waals surface area contributed by atoms with Crippen LogP contribution in [0.1, 0.15) is 12.1 Å². The van der Waals surface area contributed by atoms with Crippen LogP contribution in [0, 0.1) is 12.3 Å². The number of para-hydroxylation sites is 2. The molecule has 0 aliphatic heterocycles. The van der Waals surface area contributed by atoms with Crippen LogP contribution in [0.2, 0.25) is 0 Å². The fraction of sp³-hybridized carbons (Fsp3) is 0.400. The molecule has 0 saturated heterocycles. The van der Waals surface area contributed by atoms with Crippen LogP contribution in [0.15, 0.2) is 24.3 Å². The van der Waals surface area contributed by atoms with E-state index in [0.717, 1.165) is 22.5 Å². The molecule has 1 heterocycles. The summed E-state index contributed by atoms with van der Waals surface area (Å²) in [4.78, 5) is 11.4. The summed E-state index contributed by atoms with van der Waals surface area (Å²) in [5.41, 5.74) is 8.08. The van der Waals surface area contributed by atoms with Crippen LogP contribution in [-0.4, -0.2) is 42.6 Å². The van der Waals surface area contributed by atoms with Crippen molar-refractivity contribution in [1.82, 2.24) is 9.97 Å². The molecule has 0 bridgehead atoms. The molecule has 0 saturated carbocycles. The predicted molar refractivity (Wildman–Crippen MR) is 84.9 cm³/mol. The number of ether oxygens (including phenoxy) is 1. The lowest BCUT2D eigenvalue weighted by atomic mass is 10.2. The molecule has 1 aromatic carbocycles. The zero-order valence-electron chi connectivity index (χ0n) is 12.5. The monoisotopic (exact) mass is 287 g/mol. The van der Waals surface area contributed by atoms with Gasteiger partial charge in [0.15, 0.2) is 5.82 Å². The highest BCUT2D eigenvalue weighted by Gasteiger charge is 2.13. The topological polar surface area (TPSA) is 88.1 Å². The Morgan fingerprint density at radius 1 is 1.24 bits per heavy atom. The Morgan fingerprint density at radius 3 is 2.52 bits per heavy atom. The van der Waals surface area contributed by atoms with Gasteiger partial charge >= 0.3 is 0 Å². The van der Waals surface area contributed by atoms with E-state index in [1.165, 1.54) is 0 Å². The molecular formula is C15H21N5O. The number of hydrogen-bond donors (Lipinski definition) is 2. The van der Waals surface area contributed by atoms with Crippen molar-refractivity contribution in [1.29, 1.82) is 5.41 Å². The number of nitrogens with two attached hydrogens (primary N) is 1. The molecule has 6 nitrogen and oxygen atoms in total. The first kappa shape index (κ1) is 15.2. The zero-order chi connectivity index (χ0) is 15.2. The third-order valence-electron chi connectivity index (χ3n) is 3.24. The fourth-order valence-electron chi connectivity index (χ4n) is 2.16. The molecule has 0 spiro atoms. The van der Waals surface area contributed by atoms with Crippen molar-refractivity contribution in [2.75, 3.05) is 31.7 Å². The van der Waals surface area contributed by atoms with Crippen molar-refractivity contribution in [3.05, 3.63) is 30.0 Å². The normalized spacial score (nSPS) is 10.8. The van der Waals surface area contributed by atoms with Crippen LogP contribution in [-0.2, 0) is 4.74 Å². The first-order valence-corrected chi connectivity index (χ1v) is 6.92. The van der Waals surface area contributed by atoms with Gasteiger partial charge in [0, 0.05) is 26.6 Å². The number of nitrogens with one attached hydrogen (secondary N) is 1. The van der Waals surface area contributed by atoms with E-state index in [4.69, 9.17) is 20.9 Å². The van der Waals surface area contributed by atoms with Crippen molar-refractivity contribution in [3.8, 4) is 0 Å². The first-order chi connectivity index (χ1) is 10.1. The van der Waals surface area contributed by atoms with Crippen molar-refractivity contribution in [3.63, 3.8) is 0 Å². The SMILES string of the molecule is COCCN(CCC(=N)N)c1nc2ccccc2nc1C. The summed E-state index contributed by atoms with van der Waals surface area (Å²) in [5, 5.41) is 7.40. The molecule has 0 aliphatic carbocycles. The average molecular weight is 287 g/mol. The Morgan fingerprint density at radius 2 is 1.90 bits per heavy atom. The van der Waals surface area contributed by atoms with Crippen molar-refractivity contribution >= 4 is 22.7 Å². The van der Waals surface area contributed by atoms with Gasteiger partial charge in [-0.1, -0.05) is 12.1 Å². The number of amidine groups is 1. The van der Waals surface area contributed by atoms with Crippen molar-refractivity contribution in [2.45, 2.75) is 13.3 Å². The smallest absolute Gasteiger partial charge is 0.150 e. The summed E-state index contributed by atoms with van der Waals surface area (Å²) in [6.45, 7) is 3.86. The van der Waals surface area contributed by atoms with Crippen LogP contribution >= 0.6 is 0 Å². The molecule has 0 radical (unpaired) electrons. The summed E-state index contributed by atoms with van der Waals surface area (Å²) in [6.07, 6.45) is 0.498. The molecule has 3 N–H and O–H groups in total. The number of aromatic nitrogens is 2. The summed E-state index contributed by atoms with van der Waals surface area (Å²) >= 11 is 0. The number of nitrogens with zero attached hydrogens (tertiary/aromatic N) is 3. The quantitative estimate of drug-likeness (QED) is 0.598. The second-order valence-corrected chi connectivity index (χ2v) is 4.88. The summed E-state index contributed by atoms with van der Waals surface area (Å²) in [6, 6.07) is 7.80. The predicted octanol–water partition coefficient (Wildman–Crippen LogP) is 1.72. The van der Waals surface area contributed by atoms with E-state index in [1.54, 1.807) is 7.11 Å². The molecule has 2 rings (SSSR count). The fourth-order valence-corrected chi connectivity index (χ4v) is 2.16. The van der Waals surface area contributed by atoms with E-state index in [-0.39, 0.29) is 5.84 Å². The van der Waals surface area contributed by atoms with E-state index in [0.29, 0.717) is 26.1 Å². The maximum Gasteiger partial charge on any atom is 0.150 e. The van der Waals surface area contributed by atoms with Crippen molar-refractivity contribution in [2.24, 2.45) is 5.73 Å². The minimum absolute atomic E-state index is 0.170. The molecule has 0 aliphatic rings. The lowest BCUT2D eigenvalue weighted by Crippen LogP contribution is -2.32. The van der Waals surface area contributed by atoms with Gasteiger partial charge in [-0.2, -0.15) is 0 Å². The van der Waals surface area contributed by atoms with Crippen LogP contribution in [0.3, 0.4) is 0 Å². The highest BCUT2D eigenvalue weighted by molar-refractivity contribution is 5.78. The van der Waals surface area contributed by atoms with E-state index in [9.17, 15) is 0 Å². The molecule has 112 valence electrons. The molecule has 2 aromatic rings. The van der Waals surface area contributed by atoms with Crippen molar-refractivity contribution < 1.29 is 4.74 Å². The molecule has 21 heavy (non-hydrogen) atoms. The van der Waals surface area contributed by atoms with E-state index < -0.39 is 0 Å². The maximum absolute atomic E-state index is 7.40. The lowest BCUT2D eigenvalue weighted by Gasteiger charge is -2.24. The van der Waals surface area contributed by atoms with Gasteiger partial charge < -0.3 is 15.4 Å². The molecule has 1 aromatic heterocycles. The summed E-state index contributed by atoms with van der Waals surface area (Å²) in [5.74, 6) is 0.996. The minimum atomic E-state index is 0.170. The van der Waals surface area contributed by atoms with E-state index in [2.05, 4.69) is 9.88 Å². The van der Waals surface area contributed by atoms with Gasteiger partial charge in [-0.05, 0) is 19.1 Å². The van der Waals surface area contributed by atoms with Crippen LogP contribution in [0.25, 0.3) is 11.0 Å². The van der Waals surface area contributed by atoms with Gasteiger partial charge in [-0.3, -0.25) is 5.41 Å². The first-order valence-electron chi connectivity index (χ1n) is 6.92. The molecule has 6 heteroatoms. The van der Waals surface area contributed by atoms with Gasteiger partial charge in [-0.25, -0.2) is 9.97 Å². The Kier molecular flexibility index (Phi) is 5.05. The Hall–Kier alpha value is -2.21. The number of benzene rings is 1. The molecule has 0 atom stereocenters. The third kappa shape index (κ3) is 3.88. The molecule has 0 amide bonds. The number of methoxy groups -OCH3 is 1. The largest absolute Gasteiger partial charge is 0.388 e. The highest BCUT2D eigenvalue weighted by atomic mass is 16.5. The van der Waals surface area contributed by atoms with E-state index in [1.807, 2.05) is 31.2 Å². The Labute approximate surface area is 124 Å². The summed E-state index contributed by atoms with van der Waals surface area (Å²) < 4.78 is 5.15. The van der Waals surface area contributed by atoms with Crippen LogP contribution in [0.4, 0.5) is 5.82 Å². The van der Waals surface area contributed by atoms with Gasteiger partial charge in [0.05, 0.1) is 29.2 Å². The van der Waals surface area contributed by atoms with E-state index >= 15 is 0 Å². The van der Waals surface area contributed by atoms with Gasteiger partial charge in [0.25, 0.3) is 0 Å². The minimum Gasteiger partial charge on any atom is -0.388 e. The van der Waals surface area contributed by atoms with Gasteiger partial charge in [0.2, 0.25) is 0 Å². The third-order valence-corrected chi connectivity index (χ3v) is 3.24. The lowest BCUT2D eigenvalue weighted by molar-refractivity contribution is 0.205. The summed E-state index contributed by atoms with van der Waals surface area (Å²) in [7, 11) is 1.67. The number of aryl methyl sites for hydroxylation is 1. The Bertz CT molecular complexity index is 628. The average Bonchev–Trinajstić information content (AvgIpc) is 2.47. The highest BCUT2D eigenvalue weighted by Crippen LogP contribution is 2.20. The Balaban J connectivity index is 2.32. The second kappa shape index (κ2) is 6.99. The van der Waals surface area contributed by atoms with Gasteiger partial charge in [-0.15, -0.1) is 0 Å². The second-order valence-electron chi connectivity index (χ2n) is 4.88. The molecular weight excluding hydrogens is 266 g/mol. The number of rotatable bonds is 7. The standard InChI is InChI=1S/C15H21N5O/c1-11-15(19-13-6-4-3-5-12(13)18-11)20(9-10-21-2)8-7-14(16)17/h3-6H,7-10H2,1-2H3,(H3,16,17). The van der Waals surface area contributed by atoms with Gasteiger partial charge in [0.1, 0.15) is 0 Å². The molecule has 0 unspecified atom stereocenters. The molecule has 0 fully saturated rings. The van der Waals surface area contributed by atoms with Crippen LogP contribution in [0.5, 0.6) is 0 Å². The maximum atomic E-state index is 7.40. The zero-order valence-corrected chi connectivity index (χ0v) is 12.5. The number of hydrogen-bond acceptors (Lipinski definition) is 5. The van der Waals surface area contributed by atoms with Crippen LogP contribution < -0.4 is 10.6 Å². The number of anilines is 1.